The first-order chi connectivity index (χ1) is 13.8. The number of aromatic nitrogens is 2. The molecule has 28 heavy (non-hydrogen) atoms. The molecular formula is C22H22N6. The van der Waals surface area contributed by atoms with Crippen molar-refractivity contribution < 1.29 is 0 Å². The van der Waals surface area contributed by atoms with Gasteiger partial charge >= 0.3 is 0 Å². The first kappa shape index (κ1) is 18.0. The number of benzene rings is 1. The summed E-state index contributed by atoms with van der Waals surface area (Å²) >= 11 is 0. The molecule has 2 aromatic heterocycles. The first-order valence-electron chi connectivity index (χ1n) is 9.42. The van der Waals surface area contributed by atoms with Crippen LogP contribution in [0.15, 0.2) is 67.0 Å². The van der Waals surface area contributed by atoms with Crippen LogP contribution >= 0.6 is 0 Å². The van der Waals surface area contributed by atoms with E-state index in [1.54, 1.807) is 18.5 Å². The van der Waals surface area contributed by atoms with Crippen molar-refractivity contribution in [2.45, 2.75) is 18.5 Å². The lowest BCUT2D eigenvalue weighted by atomic mass is 9.97. The zero-order valence-electron chi connectivity index (χ0n) is 15.5. The molecule has 0 amide bonds. The highest BCUT2D eigenvalue weighted by molar-refractivity contribution is 5.67. The Bertz CT molecular complexity index is 949. The molecule has 0 unspecified atom stereocenters. The summed E-state index contributed by atoms with van der Waals surface area (Å²) in [7, 11) is 0. The number of nitriles is 1. The molecule has 140 valence electrons. The summed E-state index contributed by atoms with van der Waals surface area (Å²) in [5.74, 6) is 0.887. The molecule has 1 aliphatic heterocycles. The van der Waals surface area contributed by atoms with Crippen molar-refractivity contribution in [2.75, 3.05) is 23.7 Å². The van der Waals surface area contributed by atoms with Crippen molar-refractivity contribution in [3.63, 3.8) is 0 Å². The summed E-state index contributed by atoms with van der Waals surface area (Å²) in [5, 5.41) is 19.6. The van der Waals surface area contributed by atoms with Gasteiger partial charge in [0.2, 0.25) is 0 Å². The Labute approximate surface area is 164 Å². The Kier molecular flexibility index (Phi) is 5.46. The smallest absolute Gasteiger partial charge is 0.149 e. The van der Waals surface area contributed by atoms with Crippen LogP contribution in [0.2, 0.25) is 0 Å². The molecular weight excluding hydrogens is 348 g/mol. The molecule has 2 atom stereocenters. The van der Waals surface area contributed by atoms with Crippen LogP contribution in [0.3, 0.4) is 0 Å². The van der Waals surface area contributed by atoms with Crippen LogP contribution < -0.4 is 16.0 Å². The van der Waals surface area contributed by atoms with Crippen molar-refractivity contribution in [1.29, 1.82) is 5.26 Å². The Morgan fingerprint density at radius 3 is 2.79 bits per heavy atom. The third-order valence-electron chi connectivity index (χ3n) is 4.92. The topological polar surface area (TPSA) is 85.7 Å². The number of fused-ring (bicyclic) bond motifs is 1. The fourth-order valence-electron chi connectivity index (χ4n) is 3.47. The van der Waals surface area contributed by atoms with Crippen LogP contribution in [0, 0.1) is 11.3 Å². The maximum absolute atomic E-state index is 8.87. The van der Waals surface area contributed by atoms with Crippen molar-refractivity contribution in [3.8, 4) is 6.07 Å². The second-order valence-electron chi connectivity index (χ2n) is 6.79. The highest BCUT2D eigenvalue weighted by atomic mass is 15.2. The van der Waals surface area contributed by atoms with E-state index in [0.29, 0.717) is 5.69 Å². The molecule has 0 aliphatic carbocycles. The SMILES string of the molecule is N#Cc1ccc(CCN[C@H](c2ccccc2)[C@H]2CNc3cccnc3N2)cn1. The van der Waals surface area contributed by atoms with Gasteiger partial charge in [-0.2, -0.15) is 5.26 Å². The number of hydrogen-bond acceptors (Lipinski definition) is 6. The molecule has 0 saturated carbocycles. The highest BCUT2D eigenvalue weighted by Crippen LogP contribution is 2.28. The van der Waals surface area contributed by atoms with Crippen LogP contribution in [0.5, 0.6) is 0 Å². The molecule has 0 saturated heterocycles. The van der Waals surface area contributed by atoms with Gasteiger partial charge in [-0.1, -0.05) is 36.4 Å². The summed E-state index contributed by atoms with van der Waals surface area (Å²) in [6.07, 6.45) is 4.42. The van der Waals surface area contributed by atoms with Gasteiger partial charge in [0.1, 0.15) is 17.6 Å². The summed E-state index contributed by atoms with van der Waals surface area (Å²) in [6.45, 7) is 1.62. The molecule has 0 spiro atoms. The summed E-state index contributed by atoms with van der Waals surface area (Å²) in [4.78, 5) is 8.60. The standard InChI is InChI=1S/C22H22N6/c23-13-18-9-8-16(14-26-18)10-12-24-21(17-5-2-1-3-6-17)20-15-27-19-7-4-11-25-22(19)28-20/h1-9,11,14,20-21,24,27H,10,12,15H2,(H,25,28)/t20-,21-/m1/s1. The Hall–Kier alpha value is -3.43. The van der Waals surface area contributed by atoms with Gasteiger partial charge in [-0.3, -0.25) is 0 Å². The van der Waals surface area contributed by atoms with Gasteiger partial charge in [0.15, 0.2) is 0 Å². The summed E-state index contributed by atoms with van der Waals surface area (Å²) < 4.78 is 0. The third-order valence-corrected chi connectivity index (χ3v) is 4.92. The molecule has 6 heteroatoms. The summed E-state index contributed by atoms with van der Waals surface area (Å²) in [6, 6.07) is 20.5. The third kappa shape index (κ3) is 4.11. The molecule has 0 fully saturated rings. The second-order valence-corrected chi connectivity index (χ2v) is 6.79. The Balaban J connectivity index is 1.46. The van der Waals surface area contributed by atoms with Crippen molar-refractivity contribution in [3.05, 3.63) is 83.8 Å². The second kappa shape index (κ2) is 8.51. The predicted molar refractivity (Wildman–Crippen MR) is 110 cm³/mol. The van der Waals surface area contributed by atoms with Gasteiger partial charge < -0.3 is 16.0 Å². The van der Waals surface area contributed by atoms with Gasteiger partial charge in [-0.15, -0.1) is 0 Å². The van der Waals surface area contributed by atoms with Crippen LogP contribution in [0.25, 0.3) is 0 Å². The zero-order chi connectivity index (χ0) is 19.2. The highest BCUT2D eigenvalue weighted by Gasteiger charge is 2.27. The van der Waals surface area contributed by atoms with Gasteiger partial charge in [0, 0.05) is 18.9 Å². The Morgan fingerprint density at radius 2 is 2.00 bits per heavy atom. The minimum Gasteiger partial charge on any atom is -0.380 e. The maximum Gasteiger partial charge on any atom is 0.149 e. The molecule has 1 aliphatic rings. The monoisotopic (exact) mass is 370 g/mol. The fourth-order valence-corrected chi connectivity index (χ4v) is 3.47. The number of nitrogens with one attached hydrogen (secondary N) is 3. The minimum atomic E-state index is 0.134. The largest absolute Gasteiger partial charge is 0.380 e. The number of hydrogen-bond donors (Lipinski definition) is 3. The molecule has 4 rings (SSSR count). The van der Waals surface area contributed by atoms with E-state index in [4.69, 9.17) is 5.26 Å². The van der Waals surface area contributed by atoms with E-state index >= 15 is 0 Å². The molecule has 1 aromatic carbocycles. The quantitative estimate of drug-likeness (QED) is 0.618. The number of rotatable bonds is 6. The lowest BCUT2D eigenvalue weighted by Crippen LogP contribution is -2.44. The van der Waals surface area contributed by atoms with Gasteiger partial charge in [-0.05, 0) is 42.3 Å². The Morgan fingerprint density at radius 1 is 1.11 bits per heavy atom. The van der Waals surface area contributed by atoms with E-state index in [-0.39, 0.29) is 12.1 Å². The molecule has 3 heterocycles. The fraction of sp³-hybridized carbons (Fsp3) is 0.227. The number of pyridine rings is 2. The maximum atomic E-state index is 8.87. The van der Waals surface area contributed by atoms with Crippen LogP contribution in [-0.2, 0) is 6.42 Å². The van der Waals surface area contributed by atoms with E-state index in [1.165, 1.54) is 5.56 Å². The van der Waals surface area contributed by atoms with Gasteiger partial charge in [-0.25, -0.2) is 9.97 Å². The van der Waals surface area contributed by atoms with E-state index < -0.39 is 0 Å². The molecule has 0 bridgehead atoms. The zero-order valence-corrected chi connectivity index (χ0v) is 15.5. The summed E-state index contributed by atoms with van der Waals surface area (Å²) in [5.41, 5.74) is 3.83. The van der Waals surface area contributed by atoms with Crippen LogP contribution in [-0.4, -0.2) is 29.1 Å². The van der Waals surface area contributed by atoms with E-state index in [1.807, 2.05) is 24.3 Å². The van der Waals surface area contributed by atoms with E-state index in [9.17, 15) is 0 Å². The molecule has 3 aromatic rings. The van der Waals surface area contributed by atoms with Crippen molar-refractivity contribution in [2.24, 2.45) is 0 Å². The number of nitrogens with zero attached hydrogens (tertiary/aromatic N) is 3. The van der Waals surface area contributed by atoms with Crippen molar-refractivity contribution in [1.82, 2.24) is 15.3 Å². The van der Waals surface area contributed by atoms with Gasteiger partial charge in [0.25, 0.3) is 0 Å². The lowest BCUT2D eigenvalue weighted by molar-refractivity contribution is 0.472. The van der Waals surface area contributed by atoms with Crippen LogP contribution in [0.4, 0.5) is 11.5 Å². The minimum absolute atomic E-state index is 0.134. The van der Waals surface area contributed by atoms with E-state index in [2.05, 4.69) is 56.3 Å². The van der Waals surface area contributed by atoms with Crippen LogP contribution in [0.1, 0.15) is 22.9 Å². The molecule has 0 radical (unpaired) electrons. The van der Waals surface area contributed by atoms with E-state index in [0.717, 1.165) is 36.6 Å². The van der Waals surface area contributed by atoms with Crippen molar-refractivity contribution >= 4 is 11.5 Å². The predicted octanol–water partition coefficient (Wildman–Crippen LogP) is 3.13. The lowest BCUT2D eigenvalue weighted by Gasteiger charge is -2.34. The van der Waals surface area contributed by atoms with Gasteiger partial charge in [0.05, 0.1) is 17.8 Å². The first-order valence-corrected chi connectivity index (χ1v) is 9.42. The average Bonchev–Trinajstić information content (AvgIpc) is 2.77. The number of anilines is 2. The molecule has 3 N–H and O–H groups in total. The average molecular weight is 370 g/mol. The normalized spacial score (nSPS) is 16.2. The molecule has 6 nitrogen and oxygen atoms in total.